The van der Waals surface area contributed by atoms with Gasteiger partial charge in [-0.2, -0.15) is 0 Å². The van der Waals surface area contributed by atoms with Crippen LogP contribution in [0.3, 0.4) is 0 Å². The number of nitrogens with one attached hydrogen (secondary N) is 1. The monoisotopic (exact) mass is 280 g/mol. The molecule has 20 heavy (non-hydrogen) atoms. The van der Waals surface area contributed by atoms with Crippen LogP contribution in [-0.4, -0.2) is 35.3 Å². The van der Waals surface area contributed by atoms with E-state index < -0.39 is 0 Å². The van der Waals surface area contributed by atoms with Crippen molar-refractivity contribution in [2.45, 2.75) is 71.9 Å². The smallest absolute Gasteiger partial charge is 0.245 e. The third-order valence-electron chi connectivity index (χ3n) is 4.78. The van der Waals surface area contributed by atoms with Crippen LogP contribution in [0.2, 0.25) is 0 Å². The van der Waals surface area contributed by atoms with Gasteiger partial charge < -0.3 is 10.2 Å². The predicted octanol–water partition coefficient (Wildman–Crippen LogP) is 2.33. The lowest BCUT2D eigenvalue weighted by Crippen LogP contribution is -2.65. The molecule has 0 spiro atoms. The fraction of sp³-hybridized carbons (Fsp3) is 0.875. The zero-order valence-corrected chi connectivity index (χ0v) is 13.2. The van der Waals surface area contributed by atoms with Crippen LogP contribution in [0, 0.1) is 11.3 Å². The van der Waals surface area contributed by atoms with E-state index in [-0.39, 0.29) is 29.8 Å². The molecule has 114 valence electrons. The fourth-order valence-corrected chi connectivity index (χ4v) is 3.47. The molecule has 0 aromatic rings. The highest BCUT2D eigenvalue weighted by Gasteiger charge is 2.49. The Hall–Kier alpha value is -1.06. The first-order valence-electron chi connectivity index (χ1n) is 8.05. The minimum absolute atomic E-state index is 0.0266. The van der Waals surface area contributed by atoms with Crippen molar-refractivity contribution in [3.63, 3.8) is 0 Å². The Bertz CT molecular complexity index is 388. The fourth-order valence-electron chi connectivity index (χ4n) is 3.47. The summed E-state index contributed by atoms with van der Waals surface area (Å²) in [5.74, 6) is 0.307. The molecule has 1 N–H and O–H groups in total. The number of rotatable bonds is 6. The van der Waals surface area contributed by atoms with Gasteiger partial charge in [0.1, 0.15) is 12.1 Å². The van der Waals surface area contributed by atoms with Crippen molar-refractivity contribution in [2.75, 3.05) is 6.54 Å². The lowest BCUT2D eigenvalue weighted by Gasteiger charge is -2.42. The molecule has 4 nitrogen and oxygen atoms in total. The first-order valence-corrected chi connectivity index (χ1v) is 8.05. The lowest BCUT2D eigenvalue weighted by atomic mass is 9.92. The molecule has 4 heteroatoms. The largest absolute Gasteiger partial charge is 0.343 e. The molecule has 2 amide bonds. The number of hydrogen-bond donors (Lipinski definition) is 1. The lowest BCUT2D eigenvalue weighted by molar-refractivity contribution is -0.152. The Morgan fingerprint density at radius 1 is 1.30 bits per heavy atom. The average Bonchev–Trinajstić information content (AvgIpc) is 3.13. The quantitative estimate of drug-likeness (QED) is 0.812. The van der Waals surface area contributed by atoms with E-state index in [9.17, 15) is 9.59 Å². The van der Waals surface area contributed by atoms with Gasteiger partial charge in [0.05, 0.1) is 0 Å². The van der Waals surface area contributed by atoms with E-state index in [4.69, 9.17) is 0 Å². The van der Waals surface area contributed by atoms with Crippen molar-refractivity contribution in [2.24, 2.45) is 11.3 Å². The van der Waals surface area contributed by atoms with Gasteiger partial charge in [0, 0.05) is 6.54 Å². The van der Waals surface area contributed by atoms with E-state index >= 15 is 0 Å². The molecule has 2 atom stereocenters. The van der Waals surface area contributed by atoms with Gasteiger partial charge in [0.25, 0.3) is 0 Å². The van der Waals surface area contributed by atoms with Gasteiger partial charge in [-0.05, 0) is 37.0 Å². The Morgan fingerprint density at radius 3 is 2.40 bits per heavy atom. The Morgan fingerprint density at radius 2 is 1.95 bits per heavy atom. The van der Waals surface area contributed by atoms with Gasteiger partial charge in [0.2, 0.25) is 11.8 Å². The van der Waals surface area contributed by atoms with Crippen LogP contribution in [0.25, 0.3) is 0 Å². The number of amides is 2. The van der Waals surface area contributed by atoms with Crippen molar-refractivity contribution < 1.29 is 9.59 Å². The maximum absolute atomic E-state index is 12.6. The van der Waals surface area contributed by atoms with E-state index in [0.717, 1.165) is 13.0 Å². The van der Waals surface area contributed by atoms with E-state index in [1.165, 1.54) is 19.3 Å². The zero-order chi connectivity index (χ0) is 14.9. The van der Waals surface area contributed by atoms with Crippen molar-refractivity contribution in [1.29, 1.82) is 0 Å². The van der Waals surface area contributed by atoms with Crippen molar-refractivity contribution in [3.8, 4) is 0 Å². The van der Waals surface area contributed by atoms with Crippen LogP contribution in [0.15, 0.2) is 0 Å². The van der Waals surface area contributed by atoms with Gasteiger partial charge in [0.15, 0.2) is 0 Å². The van der Waals surface area contributed by atoms with Gasteiger partial charge in [-0.3, -0.25) is 9.59 Å². The molecule has 1 aliphatic carbocycles. The van der Waals surface area contributed by atoms with Crippen LogP contribution >= 0.6 is 0 Å². The van der Waals surface area contributed by atoms with Crippen LogP contribution in [0.4, 0.5) is 0 Å². The molecule has 2 rings (SSSR count). The third kappa shape index (κ3) is 2.84. The normalized spacial score (nSPS) is 28.8. The number of carbonyl (C=O) groups is 2. The summed E-state index contributed by atoms with van der Waals surface area (Å²) in [6.07, 6.45) is 5.39. The molecule has 0 bridgehead atoms. The summed E-state index contributed by atoms with van der Waals surface area (Å²) in [7, 11) is 0. The summed E-state index contributed by atoms with van der Waals surface area (Å²) in [6.45, 7) is 8.97. The van der Waals surface area contributed by atoms with Gasteiger partial charge in [-0.25, -0.2) is 0 Å². The molecular weight excluding hydrogens is 252 g/mol. The molecule has 1 aliphatic heterocycles. The summed E-state index contributed by atoms with van der Waals surface area (Å²) in [5, 5.41) is 2.89. The van der Waals surface area contributed by atoms with Gasteiger partial charge >= 0.3 is 0 Å². The molecule has 0 aromatic heterocycles. The Balaban J connectivity index is 2.19. The summed E-state index contributed by atoms with van der Waals surface area (Å²) in [5.41, 5.74) is 0.299. The molecule has 1 saturated carbocycles. The van der Waals surface area contributed by atoms with Crippen molar-refractivity contribution in [3.05, 3.63) is 0 Å². The molecule has 2 unspecified atom stereocenters. The standard InChI is InChI=1S/C16H28N2O2/c1-5-7-16(8-9-16)10-18-13(11(3)4)14(19)17-12(6-2)15(18)20/h11-13H,5-10H2,1-4H3,(H,17,19). The number of nitrogens with zero attached hydrogens (tertiary/aromatic N) is 1. The third-order valence-corrected chi connectivity index (χ3v) is 4.78. The van der Waals surface area contributed by atoms with E-state index in [0.29, 0.717) is 11.8 Å². The predicted molar refractivity (Wildman–Crippen MR) is 79.1 cm³/mol. The Labute approximate surface area is 122 Å². The van der Waals surface area contributed by atoms with Crippen molar-refractivity contribution in [1.82, 2.24) is 10.2 Å². The van der Waals surface area contributed by atoms with Gasteiger partial charge in [-0.1, -0.05) is 34.1 Å². The average molecular weight is 280 g/mol. The summed E-state index contributed by atoms with van der Waals surface area (Å²) < 4.78 is 0. The van der Waals surface area contributed by atoms with E-state index in [1.54, 1.807) is 0 Å². The second kappa shape index (κ2) is 5.74. The molecule has 0 aromatic carbocycles. The van der Waals surface area contributed by atoms with Crippen molar-refractivity contribution >= 4 is 11.8 Å². The number of piperazine rings is 1. The Kier molecular flexibility index (Phi) is 4.40. The highest BCUT2D eigenvalue weighted by atomic mass is 16.2. The van der Waals surface area contributed by atoms with Crippen LogP contribution in [-0.2, 0) is 9.59 Å². The maximum Gasteiger partial charge on any atom is 0.245 e. The minimum Gasteiger partial charge on any atom is -0.343 e. The second-order valence-electron chi connectivity index (χ2n) is 6.87. The van der Waals surface area contributed by atoms with Crippen LogP contribution in [0.5, 0.6) is 0 Å². The highest BCUT2D eigenvalue weighted by Crippen LogP contribution is 2.50. The van der Waals surface area contributed by atoms with E-state index in [1.807, 2.05) is 25.7 Å². The summed E-state index contributed by atoms with van der Waals surface area (Å²) in [4.78, 5) is 26.8. The molecular formula is C16H28N2O2. The molecule has 1 heterocycles. The van der Waals surface area contributed by atoms with Crippen LogP contribution < -0.4 is 5.32 Å². The number of carbonyl (C=O) groups excluding carboxylic acids is 2. The van der Waals surface area contributed by atoms with Gasteiger partial charge in [-0.15, -0.1) is 0 Å². The maximum atomic E-state index is 12.6. The first kappa shape index (κ1) is 15.3. The van der Waals surface area contributed by atoms with E-state index in [2.05, 4.69) is 12.2 Å². The SMILES string of the molecule is CCCC1(CN2C(=O)C(CC)NC(=O)C2C(C)C)CC1. The van der Waals surface area contributed by atoms with Crippen LogP contribution in [0.1, 0.15) is 59.8 Å². The molecule has 2 aliphatic rings. The summed E-state index contributed by atoms with van der Waals surface area (Å²) >= 11 is 0. The molecule has 0 radical (unpaired) electrons. The molecule has 2 fully saturated rings. The topological polar surface area (TPSA) is 49.4 Å². The number of hydrogen-bond acceptors (Lipinski definition) is 2. The minimum atomic E-state index is -0.324. The highest BCUT2D eigenvalue weighted by molar-refractivity contribution is 5.97. The molecule has 1 saturated heterocycles. The first-order chi connectivity index (χ1) is 9.44. The second-order valence-corrected chi connectivity index (χ2v) is 6.87. The summed E-state index contributed by atoms with van der Waals surface area (Å²) in [6, 6.07) is -0.616. The zero-order valence-electron chi connectivity index (χ0n) is 13.2.